The molecule has 158 valence electrons. The summed E-state index contributed by atoms with van der Waals surface area (Å²) in [7, 11) is 0. The number of aromatic nitrogens is 3. The minimum atomic E-state index is -0.377. The Morgan fingerprint density at radius 1 is 1.30 bits per heavy atom. The second-order valence-corrected chi connectivity index (χ2v) is 7.62. The van der Waals surface area contributed by atoms with Gasteiger partial charge in [0.1, 0.15) is 11.5 Å². The molecule has 1 N–H and O–H groups in total. The molecule has 1 fully saturated rings. The first-order valence-electron chi connectivity index (χ1n) is 10.1. The van der Waals surface area contributed by atoms with Crippen molar-refractivity contribution in [3.05, 3.63) is 59.4 Å². The molecule has 1 aromatic carbocycles. The van der Waals surface area contributed by atoms with E-state index in [1.54, 1.807) is 18.3 Å². The van der Waals surface area contributed by atoms with E-state index in [1.165, 1.54) is 12.1 Å². The molecule has 1 aliphatic heterocycles. The number of aryl methyl sites for hydroxylation is 1. The van der Waals surface area contributed by atoms with Gasteiger partial charge in [0, 0.05) is 49.0 Å². The van der Waals surface area contributed by atoms with E-state index in [9.17, 15) is 9.18 Å². The highest BCUT2D eigenvalue weighted by Crippen LogP contribution is 2.34. The molecule has 1 saturated heterocycles. The first-order chi connectivity index (χ1) is 14.5. The second kappa shape index (κ2) is 8.39. The highest BCUT2D eigenvalue weighted by Gasteiger charge is 2.35. The zero-order valence-corrected chi connectivity index (χ0v) is 17.2. The third-order valence-electron chi connectivity index (χ3n) is 5.89. The maximum Gasteiger partial charge on any atom is 0.289 e. The number of benzene rings is 1. The quantitative estimate of drug-likeness (QED) is 0.670. The van der Waals surface area contributed by atoms with Gasteiger partial charge in [0.15, 0.2) is 0 Å². The molecule has 3 heterocycles. The molecule has 8 heteroatoms. The second-order valence-electron chi connectivity index (χ2n) is 7.62. The van der Waals surface area contributed by atoms with E-state index in [1.807, 2.05) is 24.6 Å². The summed E-state index contributed by atoms with van der Waals surface area (Å²) in [5, 5.41) is 11.3. The first kappa shape index (κ1) is 20.3. The summed E-state index contributed by atoms with van der Waals surface area (Å²) >= 11 is 0. The van der Waals surface area contributed by atoms with Crippen molar-refractivity contribution < 1.29 is 18.4 Å². The predicted molar refractivity (Wildman–Crippen MR) is 109 cm³/mol. The number of hydrogen-bond donors (Lipinski definition) is 1. The van der Waals surface area contributed by atoms with Crippen LogP contribution in [-0.2, 0) is 16.7 Å². The third kappa shape index (κ3) is 3.87. The Morgan fingerprint density at radius 2 is 2.10 bits per heavy atom. The standard InChI is InChI=1S/C22H25FN4O3/c1-3-27-15(2)18(13-25-27)19-12-20(30-26-19)21(28)24-14-22(7-9-29-10-8-22)16-5-4-6-17(23)11-16/h4-6,11-13H,3,7-10,14H2,1-2H3,(H,24,28). The van der Waals surface area contributed by atoms with Crippen LogP contribution in [0.5, 0.6) is 0 Å². The number of rotatable bonds is 6. The molecule has 0 bridgehead atoms. The molecule has 1 amide bonds. The minimum Gasteiger partial charge on any atom is -0.381 e. The summed E-state index contributed by atoms with van der Waals surface area (Å²) in [6.07, 6.45) is 3.13. The lowest BCUT2D eigenvalue weighted by atomic mass is 9.74. The number of carbonyl (C=O) groups excluding carboxylic acids is 1. The summed E-state index contributed by atoms with van der Waals surface area (Å²) in [6.45, 7) is 6.22. The lowest BCUT2D eigenvalue weighted by molar-refractivity contribution is 0.0483. The molecular weight excluding hydrogens is 387 g/mol. The summed E-state index contributed by atoms with van der Waals surface area (Å²) in [5.74, 6) is -0.501. The van der Waals surface area contributed by atoms with Crippen LogP contribution >= 0.6 is 0 Å². The number of amides is 1. The van der Waals surface area contributed by atoms with Crippen LogP contribution in [0.15, 0.2) is 41.1 Å². The van der Waals surface area contributed by atoms with Crippen molar-refractivity contribution in [1.29, 1.82) is 0 Å². The summed E-state index contributed by atoms with van der Waals surface area (Å²) in [6, 6.07) is 8.19. The van der Waals surface area contributed by atoms with Gasteiger partial charge >= 0.3 is 0 Å². The fraction of sp³-hybridized carbons (Fsp3) is 0.409. The Hall–Kier alpha value is -3.00. The number of ether oxygens (including phenoxy) is 1. The maximum absolute atomic E-state index is 13.8. The zero-order chi connectivity index (χ0) is 21.1. The van der Waals surface area contributed by atoms with E-state index in [2.05, 4.69) is 15.6 Å². The molecule has 30 heavy (non-hydrogen) atoms. The largest absolute Gasteiger partial charge is 0.381 e. The molecule has 1 aliphatic rings. The van der Waals surface area contributed by atoms with Crippen molar-refractivity contribution in [3.8, 4) is 11.3 Å². The van der Waals surface area contributed by atoms with Gasteiger partial charge in [-0.1, -0.05) is 17.3 Å². The summed E-state index contributed by atoms with van der Waals surface area (Å²) < 4.78 is 26.5. The van der Waals surface area contributed by atoms with E-state index in [0.717, 1.165) is 23.4 Å². The summed E-state index contributed by atoms with van der Waals surface area (Å²) in [5.41, 5.74) is 2.86. The average molecular weight is 412 g/mol. The fourth-order valence-electron chi connectivity index (χ4n) is 4.01. The molecule has 0 saturated carbocycles. The average Bonchev–Trinajstić information content (AvgIpc) is 3.39. The highest BCUT2D eigenvalue weighted by atomic mass is 19.1. The van der Waals surface area contributed by atoms with Gasteiger partial charge in [-0.15, -0.1) is 0 Å². The SMILES string of the molecule is CCn1ncc(-c2cc(C(=O)NCC3(c4cccc(F)c4)CCOCC3)on2)c1C. The van der Waals surface area contributed by atoms with Crippen LogP contribution in [0.4, 0.5) is 4.39 Å². The molecule has 2 aromatic heterocycles. The van der Waals surface area contributed by atoms with E-state index in [4.69, 9.17) is 9.26 Å². The summed E-state index contributed by atoms with van der Waals surface area (Å²) in [4.78, 5) is 12.7. The van der Waals surface area contributed by atoms with Crippen LogP contribution < -0.4 is 5.32 Å². The topological polar surface area (TPSA) is 82.2 Å². The lowest BCUT2D eigenvalue weighted by Crippen LogP contribution is -2.44. The number of hydrogen-bond acceptors (Lipinski definition) is 5. The van der Waals surface area contributed by atoms with Crippen LogP contribution in [0.1, 0.15) is 41.6 Å². The van der Waals surface area contributed by atoms with Crippen LogP contribution in [-0.4, -0.2) is 40.6 Å². The first-order valence-corrected chi connectivity index (χ1v) is 10.1. The number of nitrogens with zero attached hydrogens (tertiary/aromatic N) is 3. The zero-order valence-electron chi connectivity index (χ0n) is 17.2. The predicted octanol–water partition coefficient (Wildman–Crippen LogP) is 3.48. The van der Waals surface area contributed by atoms with Crippen LogP contribution in [0.25, 0.3) is 11.3 Å². The van der Waals surface area contributed by atoms with E-state index in [-0.39, 0.29) is 22.9 Å². The van der Waals surface area contributed by atoms with Gasteiger partial charge in [0.25, 0.3) is 5.91 Å². The van der Waals surface area contributed by atoms with Crippen molar-refractivity contribution in [2.24, 2.45) is 0 Å². The van der Waals surface area contributed by atoms with Crippen molar-refractivity contribution in [2.75, 3.05) is 19.8 Å². The molecule has 0 radical (unpaired) electrons. The molecule has 7 nitrogen and oxygen atoms in total. The third-order valence-corrected chi connectivity index (χ3v) is 5.89. The Morgan fingerprint density at radius 3 is 2.80 bits per heavy atom. The highest BCUT2D eigenvalue weighted by molar-refractivity contribution is 5.92. The Kier molecular flexibility index (Phi) is 5.67. The molecule has 3 aromatic rings. The molecule has 0 aliphatic carbocycles. The Bertz CT molecular complexity index is 1040. The molecule has 0 spiro atoms. The van der Waals surface area contributed by atoms with Gasteiger partial charge in [-0.05, 0) is 44.4 Å². The minimum absolute atomic E-state index is 0.134. The lowest BCUT2D eigenvalue weighted by Gasteiger charge is -2.37. The van der Waals surface area contributed by atoms with Gasteiger partial charge in [-0.2, -0.15) is 5.10 Å². The number of carbonyl (C=O) groups is 1. The van der Waals surface area contributed by atoms with Gasteiger partial charge in [-0.3, -0.25) is 9.48 Å². The van der Waals surface area contributed by atoms with Crippen LogP contribution in [0.3, 0.4) is 0 Å². The van der Waals surface area contributed by atoms with Crippen molar-refractivity contribution >= 4 is 5.91 Å². The van der Waals surface area contributed by atoms with Crippen LogP contribution in [0.2, 0.25) is 0 Å². The van der Waals surface area contributed by atoms with Gasteiger partial charge in [0.2, 0.25) is 5.76 Å². The Labute approximate surface area is 174 Å². The maximum atomic E-state index is 13.8. The van der Waals surface area contributed by atoms with E-state index >= 15 is 0 Å². The monoisotopic (exact) mass is 412 g/mol. The van der Waals surface area contributed by atoms with E-state index in [0.29, 0.717) is 38.3 Å². The number of nitrogens with one attached hydrogen (secondary N) is 1. The molecular formula is C22H25FN4O3. The Balaban J connectivity index is 1.50. The molecule has 4 rings (SSSR count). The molecule has 0 atom stereocenters. The fourth-order valence-corrected chi connectivity index (χ4v) is 4.01. The normalized spacial score (nSPS) is 15.8. The van der Waals surface area contributed by atoms with Gasteiger partial charge < -0.3 is 14.6 Å². The van der Waals surface area contributed by atoms with E-state index < -0.39 is 0 Å². The van der Waals surface area contributed by atoms with Gasteiger partial charge in [-0.25, -0.2) is 4.39 Å². The molecule has 0 unspecified atom stereocenters. The van der Waals surface area contributed by atoms with Gasteiger partial charge in [0.05, 0.1) is 6.20 Å². The van der Waals surface area contributed by atoms with Crippen LogP contribution in [0, 0.1) is 12.7 Å². The van der Waals surface area contributed by atoms with Crippen molar-refractivity contribution in [3.63, 3.8) is 0 Å². The van der Waals surface area contributed by atoms with Crippen molar-refractivity contribution in [1.82, 2.24) is 20.3 Å². The number of halogens is 1. The smallest absolute Gasteiger partial charge is 0.289 e. The van der Waals surface area contributed by atoms with Crippen molar-refractivity contribution in [2.45, 2.75) is 38.6 Å².